The Morgan fingerprint density at radius 3 is 2.77 bits per heavy atom. The Hall–Kier alpha value is -1.98. The Balaban J connectivity index is 2.01. The fraction of sp³-hybridized carbons (Fsp3) is 0.562. The molecule has 22 heavy (non-hydrogen) atoms. The van der Waals surface area contributed by atoms with Gasteiger partial charge in [-0.25, -0.2) is 9.18 Å². The summed E-state index contributed by atoms with van der Waals surface area (Å²) in [5, 5.41) is 0.256. The smallest absolute Gasteiger partial charge is 0.337 e. The molecule has 0 bridgehead atoms. The van der Waals surface area contributed by atoms with E-state index in [0.29, 0.717) is 17.9 Å². The highest BCUT2D eigenvalue weighted by atomic mass is 19.1. The van der Waals surface area contributed by atoms with Crippen LogP contribution in [0.3, 0.4) is 0 Å². The normalized spacial score (nSPS) is 17.6. The average molecular weight is 306 g/mol. The third kappa shape index (κ3) is 2.96. The van der Waals surface area contributed by atoms with Gasteiger partial charge in [0.25, 0.3) is 5.56 Å². The number of alkyl halides is 1. The van der Waals surface area contributed by atoms with Crippen molar-refractivity contribution in [2.45, 2.75) is 45.7 Å². The molecule has 6 heteroatoms. The molecule has 1 fully saturated rings. The van der Waals surface area contributed by atoms with Crippen LogP contribution in [0.25, 0.3) is 11.1 Å². The van der Waals surface area contributed by atoms with Crippen LogP contribution in [0.4, 0.5) is 4.39 Å². The van der Waals surface area contributed by atoms with E-state index in [-0.39, 0.29) is 16.9 Å². The topological polar surface area (TPSA) is 76.0 Å². The Bertz CT molecular complexity index is 805. The van der Waals surface area contributed by atoms with Gasteiger partial charge < -0.3 is 9.40 Å². The van der Waals surface area contributed by atoms with E-state index >= 15 is 0 Å². The van der Waals surface area contributed by atoms with Crippen LogP contribution >= 0.6 is 0 Å². The molecule has 0 amide bonds. The number of H-pyrrole nitrogens is 1. The monoisotopic (exact) mass is 306 g/mol. The number of nitrogens with one attached hydrogen (secondary N) is 1. The molecule has 2 heterocycles. The summed E-state index contributed by atoms with van der Waals surface area (Å²) in [5.41, 5.74) is -0.463. The van der Waals surface area contributed by atoms with Gasteiger partial charge in [-0.2, -0.15) is 4.98 Å². The minimum atomic E-state index is -1.43. The summed E-state index contributed by atoms with van der Waals surface area (Å²) in [6.07, 6.45) is 2.62. The zero-order chi connectivity index (χ0) is 15.9. The van der Waals surface area contributed by atoms with Crippen molar-refractivity contribution in [2.24, 2.45) is 11.8 Å². The first kappa shape index (κ1) is 14.9. The Kier molecular flexibility index (Phi) is 3.85. The molecular formula is C16H19FN2O3. The van der Waals surface area contributed by atoms with Crippen molar-refractivity contribution in [3.8, 4) is 0 Å². The van der Waals surface area contributed by atoms with Crippen LogP contribution in [0, 0.1) is 11.8 Å². The number of aryl methyl sites for hydroxylation is 1. The number of hydrogen-bond donors (Lipinski definition) is 1. The first-order valence-corrected chi connectivity index (χ1v) is 7.66. The second-order valence-electron chi connectivity index (χ2n) is 6.19. The summed E-state index contributed by atoms with van der Waals surface area (Å²) in [6, 6.07) is 1.34. The van der Waals surface area contributed by atoms with Crippen molar-refractivity contribution in [1.82, 2.24) is 9.97 Å². The lowest BCUT2D eigenvalue weighted by Crippen LogP contribution is -2.17. The highest BCUT2D eigenvalue weighted by Gasteiger charge is 2.27. The number of nitrogens with zero attached hydrogens (tertiary/aromatic N) is 1. The predicted molar refractivity (Wildman–Crippen MR) is 80.6 cm³/mol. The number of rotatable bonds is 5. The summed E-state index contributed by atoms with van der Waals surface area (Å²) in [4.78, 5) is 30.2. The van der Waals surface area contributed by atoms with Crippen LogP contribution in [-0.4, -0.2) is 9.97 Å². The van der Waals surface area contributed by atoms with E-state index in [2.05, 4.69) is 16.9 Å². The molecule has 118 valence electrons. The SMILES string of the molecule is CC(F)c1nc2oc(=O)cc(CCC(C)C3CC3)c2c(=O)[nH]1. The minimum absolute atomic E-state index is 0.0789. The molecule has 1 saturated carbocycles. The molecule has 0 radical (unpaired) electrons. The Labute approximate surface area is 126 Å². The standard InChI is InChI=1S/C16H19FN2O3/c1-8(10-5-6-10)3-4-11-7-12(20)22-16-13(11)15(21)18-14(19-16)9(2)17/h7-10H,3-6H2,1-2H3,(H,18,19,21). The molecular weight excluding hydrogens is 287 g/mol. The lowest BCUT2D eigenvalue weighted by atomic mass is 9.96. The van der Waals surface area contributed by atoms with Gasteiger partial charge in [0.15, 0.2) is 6.17 Å². The van der Waals surface area contributed by atoms with Gasteiger partial charge in [-0.05, 0) is 50.0 Å². The molecule has 2 atom stereocenters. The van der Waals surface area contributed by atoms with Gasteiger partial charge in [0, 0.05) is 6.07 Å². The molecule has 0 saturated heterocycles. The van der Waals surface area contributed by atoms with Gasteiger partial charge >= 0.3 is 5.63 Å². The van der Waals surface area contributed by atoms with Crippen LogP contribution in [0.2, 0.25) is 0 Å². The van der Waals surface area contributed by atoms with E-state index in [1.54, 1.807) is 0 Å². The average Bonchev–Trinajstić information content (AvgIpc) is 3.27. The van der Waals surface area contributed by atoms with Crippen molar-refractivity contribution >= 4 is 11.1 Å². The van der Waals surface area contributed by atoms with Crippen molar-refractivity contribution < 1.29 is 8.81 Å². The van der Waals surface area contributed by atoms with E-state index in [0.717, 1.165) is 12.3 Å². The van der Waals surface area contributed by atoms with E-state index in [9.17, 15) is 14.0 Å². The highest BCUT2D eigenvalue weighted by Crippen LogP contribution is 2.38. The van der Waals surface area contributed by atoms with E-state index in [1.165, 1.54) is 25.8 Å². The van der Waals surface area contributed by atoms with Gasteiger partial charge in [0.2, 0.25) is 5.71 Å². The fourth-order valence-corrected chi connectivity index (χ4v) is 2.84. The van der Waals surface area contributed by atoms with Gasteiger partial charge in [-0.3, -0.25) is 4.79 Å². The van der Waals surface area contributed by atoms with Crippen LogP contribution in [0.15, 0.2) is 20.1 Å². The molecule has 2 aromatic rings. The third-order valence-corrected chi connectivity index (χ3v) is 4.39. The maximum atomic E-state index is 13.3. The van der Waals surface area contributed by atoms with Crippen molar-refractivity contribution in [2.75, 3.05) is 0 Å². The van der Waals surface area contributed by atoms with Crippen molar-refractivity contribution in [3.63, 3.8) is 0 Å². The molecule has 1 N–H and O–H groups in total. The predicted octanol–water partition coefficient (Wildman–Crippen LogP) is 2.89. The number of hydrogen-bond acceptors (Lipinski definition) is 4. The summed E-state index contributed by atoms with van der Waals surface area (Å²) in [7, 11) is 0. The maximum Gasteiger partial charge on any atom is 0.337 e. The molecule has 0 aromatic carbocycles. The second-order valence-corrected chi connectivity index (χ2v) is 6.19. The summed E-state index contributed by atoms with van der Waals surface area (Å²) in [6.45, 7) is 3.46. The van der Waals surface area contributed by atoms with Crippen LogP contribution in [0.5, 0.6) is 0 Å². The molecule has 5 nitrogen and oxygen atoms in total. The van der Waals surface area contributed by atoms with Crippen LogP contribution in [-0.2, 0) is 6.42 Å². The van der Waals surface area contributed by atoms with Crippen LogP contribution < -0.4 is 11.2 Å². The number of aromatic amines is 1. The van der Waals surface area contributed by atoms with E-state index in [4.69, 9.17) is 4.42 Å². The van der Waals surface area contributed by atoms with Gasteiger partial charge in [-0.15, -0.1) is 0 Å². The third-order valence-electron chi connectivity index (χ3n) is 4.39. The zero-order valence-electron chi connectivity index (χ0n) is 12.7. The molecule has 0 aliphatic heterocycles. The fourth-order valence-electron chi connectivity index (χ4n) is 2.84. The lowest BCUT2D eigenvalue weighted by molar-refractivity contribution is 0.354. The number of halogens is 1. The van der Waals surface area contributed by atoms with Gasteiger partial charge in [-0.1, -0.05) is 6.92 Å². The summed E-state index contributed by atoms with van der Waals surface area (Å²) >= 11 is 0. The Morgan fingerprint density at radius 1 is 1.41 bits per heavy atom. The number of aromatic nitrogens is 2. The van der Waals surface area contributed by atoms with E-state index in [1.807, 2.05) is 0 Å². The molecule has 3 rings (SSSR count). The summed E-state index contributed by atoms with van der Waals surface area (Å²) in [5.74, 6) is 1.21. The molecule has 1 aliphatic carbocycles. The zero-order valence-corrected chi connectivity index (χ0v) is 12.7. The van der Waals surface area contributed by atoms with E-state index < -0.39 is 17.4 Å². The van der Waals surface area contributed by atoms with Gasteiger partial charge in [0.1, 0.15) is 11.2 Å². The maximum absolute atomic E-state index is 13.3. The molecule has 0 spiro atoms. The lowest BCUT2D eigenvalue weighted by Gasteiger charge is -2.10. The Morgan fingerprint density at radius 2 is 2.14 bits per heavy atom. The molecule has 2 aromatic heterocycles. The molecule has 1 aliphatic rings. The first-order chi connectivity index (χ1) is 10.5. The summed E-state index contributed by atoms with van der Waals surface area (Å²) < 4.78 is 18.3. The highest BCUT2D eigenvalue weighted by molar-refractivity contribution is 5.75. The molecule has 2 unspecified atom stereocenters. The van der Waals surface area contributed by atoms with Crippen molar-refractivity contribution in [3.05, 3.63) is 38.2 Å². The second kappa shape index (κ2) is 5.66. The van der Waals surface area contributed by atoms with Crippen molar-refractivity contribution in [1.29, 1.82) is 0 Å². The number of fused-ring (bicyclic) bond motifs is 1. The van der Waals surface area contributed by atoms with Gasteiger partial charge in [0.05, 0.1) is 0 Å². The first-order valence-electron chi connectivity index (χ1n) is 7.66. The van der Waals surface area contributed by atoms with Crippen LogP contribution in [0.1, 0.15) is 50.7 Å². The largest absolute Gasteiger partial charge is 0.403 e. The quantitative estimate of drug-likeness (QED) is 0.921. The minimum Gasteiger partial charge on any atom is -0.403 e.